The van der Waals surface area contributed by atoms with Gasteiger partial charge in [-0.05, 0) is 395 Å². The number of hydrogen-bond acceptors (Lipinski definition) is 16. The second kappa shape index (κ2) is 40.3. The van der Waals surface area contributed by atoms with Gasteiger partial charge in [0.2, 0.25) is 0 Å². The van der Waals surface area contributed by atoms with Gasteiger partial charge in [0, 0.05) is 48.5 Å². The van der Waals surface area contributed by atoms with E-state index in [1.54, 1.807) is 25.0 Å². The Morgan fingerprint density at radius 3 is 1.01 bits per heavy atom. The molecule has 20 nitrogen and oxygen atoms in total. The number of Topliss-reactive ketones (excluding diaryl/α,β-unsaturated/α-hetero) is 4. The lowest BCUT2D eigenvalue weighted by Gasteiger charge is -2.57. The fraction of sp³-hybridized carbons (Fsp3) is 0.881. The number of ketones is 4. The van der Waals surface area contributed by atoms with Gasteiger partial charge in [0.05, 0.1) is 42.5 Å². The summed E-state index contributed by atoms with van der Waals surface area (Å²) in [5.41, 5.74) is -3.18. The van der Waals surface area contributed by atoms with Gasteiger partial charge in [-0.3, -0.25) is 19.2 Å². The van der Waals surface area contributed by atoms with Gasteiger partial charge >= 0.3 is 0 Å². The van der Waals surface area contributed by atoms with Crippen LogP contribution in [0.15, 0.2) is 50.1 Å². The van der Waals surface area contributed by atoms with E-state index >= 15 is 0 Å². The Bertz CT molecular complexity index is 3920. The second-order valence-corrected chi connectivity index (χ2v) is 43.5. The molecule has 0 bridgehead atoms. The largest absolute Gasteiger partial charge is 0.390 e. The minimum Gasteiger partial charge on any atom is -0.390 e. The van der Waals surface area contributed by atoms with Crippen LogP contribution in [0.1, 0.15) is 335 Å². The number of carbonyl (C=O) groups excluding carboxylic acids is 4. The zero-order valence-corrected chi connectivity index (χ0v) is 78.7. The Balaban J connectivity index is 0.000000138. The van der Waals surface area contributed by atoms with Gasteiger partial charge in [-0.25, -0.2) is 23.1 Å². The average molecular weight is 1730 g/mol. The van der Waals surface area contributed by atoms with Crippen molar-refractivity contribution in [3.63, 3.8) is 0 Å². The number of hydrogen-bond donors (Lipinski definition) is 4. The highest BCUT2D eigenvalue weighted by atomic mass is 19.3. The van der Waals surface area contributed by atoms with Crippen molar-refractivity contribution in [2.75, 3.05) is 6.67 Å². The molecule has 20 rings (SSSR count). The second-order valence-electron chi connectivity index (χ2n) is 43.5. The molecule has 32 atom stereocenters. The normalized spacial score (nSPS) is 43.8. The molecule has 4 aromatic rings. The maximum absolute atomic E-state index is 13.4. The Labute approximate surface area is 741 Å². The molecule has 16 aliphatic rings. The van der Waals surface area contributed by atoms with Crippen LogP contribution in [0.4, 0.5) is 13.2 Å². The van der Waals surface area contributed by atoms with E-state index in [2.05, 4.69) is 75.4 Å². The number of tetrazole rings is 2. The van der Waals surface area contributed by atoms with Crippen molar-refractivity contribution in [3.05, 3.63) is 50.1 Å². The van der Waals surface area contributed by atoms with Crippen LogP contribution in [-0.2, 0) is 45.4 Å². The number of alkyl halides is 3. The zero-order valence-electron chi connectivity index (χ0n) is 78.7. The van der Waals surface area contributed by atoms with Crippen LogP contribution in [0.25, 0.3) is 0 Å². The molecule has 16 aliphatic carbocycles. The molecule has 0 aliphatic heterocycles. The van der Waals surface area contributed by atoms with Crippen LogP contribution in [0.5, 0.6) is 0 Å². The van der Waals surface area contributed by atoms with Crippen molar-refractivity contribution in [3.8, 4) is 0 Å². The van der Waals surface area contributed by atoms with Gasteiger partial charge < -0.3 is 29.6 Å². The molecular formula is C101H163F3N12O8. The SMILES string of the molecule is CC.CC.CC.CC.CC[C@@]1(O)CC[C@@H]2C3CC[C@@]4(C)C(CC[C@@H]4C(=O)Cn4ncnn4)C3CC[C@H]2C1.C[C@@]1(O)CC[C@@H]2C3CC[C@@]4(C)C(CC[C@@H]4C(=O)Cn4ccnc4)C3CC[C@H]2C1.C[C@]12CCC3C(CC[C@H]4C[C@@](O)(C(F)F)CC[C@H]34)C1CC[C@@H]2C(=O)Cn1ncnn1.C[C@]12CCC3C(CC[C@H]4C[C@@](O)(CF)CC[C@H]34)C1CC[C@@H]2C(=O)Cn1ccnc1. The third-order valence-corrected chi connectivity index (χ3v) is 38.5. The fourth-order valence-electron chi connectivity index (χ4n) is 33.0. The average Bonchev–Trinajstić information content (AvgIpc) is 1.39. The van der Waals surface area contributed by atoms with E-state index in [4.69, 9.17) is 0 Å². The standard InChI is InChI=1S/C24H35FN2O2.C24H36N2O2.C23H36N4O2.C22H32F2N4O2.4C2H6/c1-23-8-6-18-17-7-9-24(29,14-25)12-16(17)2-3-19(18)20(23)4-5-21(23)22(28)13-27-11-10-26-15-27;1-23(28)9-7-17-16(13-23)3-4-19-18(17)8-10-24(2)20(19)5-6-21(24)22(27)14-26-12-11-25-15-26;1-3-23(29)11-9-16-15(12-23)4-5-18-17(16)8-10-22(2)19(18)6-7-20(22)21(28)13-27-25-14-24-26-27;1-21-8-6-15-14-7-9-22(30,20(23)24)10-13(14)2-3-16(15)17(21)4-5-18(21)19(29)11-28-26-12-25-27-28;4*1-2/h10-11,15-21,29H,2-9,12-14H2,1H3;11-12,15-21,28H,3-10,13-14H2,1-2H3;14-20,29H,3-13H2,1-2H3;12-18,20,30H,2-11H2,1H3;4*1-2H3/t16-,17-,18?,19?,20?,21+,23-,24+;16-,17-,18?,19?,20?,21+,23+,24-;15-,16-,17?,18?,19?,20+,22-,23+;13-,14-,15?,16?,17?,18+,21-,22+;;;;/m0000..../s1. The molecule has 12 unspecified atom stereocenters. The highest BCUT2D eigenvalue weighted by Gasteiger charge is 2.65. The molecule has 0 aromatic carbocycles. The maximum Gasteiger partial charge on any atom is 0.266 e. The molecule has 16 saturated carbocycles. The fourth-order valence-corrected chi connectivity index (χ4v) is 33.0. The van der Waals surface area contributed by atoms with Crippen LogP contribution in [-0.4, -0.2) is 139 Å². The summed E-state index contributed by atoms with van der Waals surface area (Å²) in [4.78, 5) is 63.5. The third-order valence-electron chi connectivity index (χ3n) is 38.5. The summed E-state index contributed by atoms with van der Waals surface area (Å²) < 4.78 is 44.0. The number of carbonyl (C=O) groups is 4. The van der Waals surface area contributed by atoms with E-state index in [0.29, 0.717) is 90.6 Å². The molecule has 16 fully saturated rings. The van der Waals surface area contributed by atoms with Gasteiger partial charge in [-0.1, -0.05) is 90.0 Å². The number of aromatic nitrogens is 12. The van der Waals surface area contributed by atoms with Crippen LogP contribution >= 0.6 is 0 Å². The van der Waals surface area contributed by atoms with E-state index in [1.807, 2.05) is 83.8 Å². The quantitative estimate of drug-likeness (QED) is 0.0861. The first kappa shape index (κ1) is 96.4. The Morgan fingerprint density at radius 2 is 0.685 bits per heavy atom. The van der Waals surface area contributed by atoms with E-state index < -0.39 is 35.5 Å². The molecular weight excluding hydrogens is 1570 g/mol. The van der Waals surface area contributed by atoms with E-state index in [1.165, 1.54) is 119 Å². The number of nitrogens with zero attached hydrogens (tertiary/aromatic N) is 12. The van der Waals surface area contributed by atoms with Gasteiger partial charge in [0.1, 0.15) is 25.4 Å². The topological polar surface area (TPSA) is 272 Å². The van der Waals surface area contributed by atoms with Crippen LogP contribution in [0.3, 0.4) is 0 Å². The van der Waals surface area contributed by atoms with Crippen molar-refractivity contribution < 1.29 is 52.8 Å². The van der Waals surface area contributed by atoms with E-state index in [0.717, 1.165) is 181 Å². The highest BCUT2D eigenvalue weighted by Crippen LogP contribution is 2.70. The maximum atomic E-state index is 13.4. The Morgan fingerprint density at radius 1 is 0.371 bits per heavy atom. The molecule has 696 valence electrons. The van der Waals surface area contributed by atoms with Gasteiger partial charge in [-0.2, -0.15) is 9.59 Å². The van der Waals surface area contributed by atoms with E-state index in [9.17, 15) is 52.8 Å². The number of rotatable bonds is 15. The first-order chi connectivity index (χ1) is 59.6. The predicted octanol–water partition coefficient (Wildman–Crippen LogP) is 20.2. The van der Waals surface area contributed by atoms with Crippen molar-refractivity contribution in [2.45, 2.75) is 390 Å². The summed E-state index contributed by atoms with van der Waals surface area (Å²) in [7, 11) is 0. The molecule has 0 amide bonds. The summed E-state index contributed by atoms with van der Waals surface area (Å²) in [6.45, 7) is 30.5. The summed E-state index contributed by atoms with van der Waals surface area (Å²) in [5, 5.41) is 65.5. The molecule has 0 spiro atoms. The van der Waals surface area contributed by atoms with E-state index in [-0.39, 0.29) is 83.0 Å². The lowest BCUT2D eigenvalue weighted by molar-refractivity contribution is -0.160. The van der Waals surface area contributed by atoms with Crippen LogP contribution in [0, 0.1) is 164 Å². The lowest BCUT2D eigenvalue weighted by Crippen LogP contribution is -2.53. The van der Waals surface area contributed by atoms with Gasteiger partial charge in [0.25, 0.3) is 6.43 Å². The summed E-state index contributed by atoms with van der Waals surface area (Å²) in [6.07, 6.45) is 49.5. The summed E-state index contributed by atoms with van der Waals surface area (Å²) in [5.74, 6) is 15.3. The number of imidazole rings is 2. The van der Waals surface area contributed by atoms with Crippen molar-refractivity contribution in [1.29, 1.82) is 0 Å². The molecule has 23 heteroatoms. The number of fused-ring (bicyclic) bond motifs is 20. The summed E-state index contributed by atoms with van der Waals surface area (Å²) in [6, 6.07) is 0. The number of halogens is 3. The molecule has 4 aromatic heterocycles. The van der Waals surface area contributed by atoms with Gasteiger partial charge in [0.15, 0.2) is 35.8 Å². The molecule has 4 heterocycles. The molecule has 124 heavy (non-hydrogen) atoms. The number of aliphatic hydroxyl groups is 4. The smallest absolute Gasteiger partial charge is 0.266 e. The third kappa shape index (κ3) is 19.1. The minimum atomic E-state index is -2.65. The molecule has 4 N–H and O–H groups in total. The van der Waals surface area contributed by atoms with Gasteiger partial charge in [-0.15, -0.1) is 20.4 Å². The predicted molar refractivity (Wildman–Crippen MR) is 476 cm³/mol. The van der Waals surface area contributed by atoms with Crippen molar-refractivity contribution >= 4 is 23.1 Å². The molecule has 0 radical (unpaired) electrons. The molecule has 0 saturated heterocycles. The van der Waals surface area contributed by atoms with Crippen LogP contribution < -0.4 is 0 Å². The highest BCUT2D eigenvalue weighted by molar-refractivity contribution is 5.83. The minimum absolute atomic E-state index is 0.0179. The monoisotopic (exact) mass is 1730 g/mol. The lowest BCUT2D eigenvalue weighted by atomic mass is 9.48. The zero-order chi connectivity index (χ0) is 89.1. The first-order valence-electron chi connectivity index (χ1n) is 50.7. The van der Waals surface area contributed by atoms with Crippen molar-refractivity contribution in [2.24, 2.45) is 164 Å². The first-order valence-corrected chi connectivity index (χ1v) is 50.7. The Kier molecular flexibility index (Phi) is 31.3. The Hall–Kier alpha value is -5.13. The summed E-state index contributed by atoms with van der Waals surface area (Å²) >= 11 is 0. The van der Waals surface area contributed by atoms with Crippen LogP contribution in [0.2, 0.25) is 0 Å². The van der Waals surface area contributed by atoms with Crippen molar-refractivity contribution in [1.82, 2.24) is 59.5 Å².